The van der Waals surface area contributed by atoms with Gasteiger partial charge in [-0.15, -0.1) is 0 Å². The average molecular weight is 261 g/mol. The maximum atomic E-state index is 11.5. The smallest absolute Gasteiger partial charge is 0.325 e. The number of unbranched alkanes of at least 4 members (excludes halogenated alkanes) is 1. The van der Waals surface area contributed by atoms with E-state index in [0.29, 0.717) is 5.69 Å². The highest BCUT2D eigenvalue weighted by molar-refractivity contribution is 5.88. The number of nitrogen functional groups attached to an aromatic ring is 1. The van der Waals surface area contributed by atoms with Crippen molar-refractivity contribution < 1.29 is 9.53 Å². The van der Waals surface area contributed by atoms with Crippen LogP contribution < -0.4 is 5.73 Å². The molecule has 0 saturated carbocycles. The molecule has 0 unspecified atom stereocenters. The molecule has 1 aromatic carbocycles. The highest BCUT2D eigenvalue weighted by Crippen LogP contribution is 2.22. The van der Waals surface area contributed by atoms with Crippen molar-refractivity contribution in [2.75, 3.05) is 12.8 Å². The second kappa shape index (κ2) is 5.73. The van der Waals surface area contributed by atoms with Crippen LogP contribution in [0.2, 0.25) is 0 Å². The van der Waals surface area contributed by atoms with Gasteiger partial charge in [-0.25, -0.2) is 4.98 Å². The van der Waals surface area contributed by atoms with E-state index in [1.54, 1.807) is 0 Å². The number of anilines is 1. The van der Waals surface area contributed by atoms with Gasteiger partial charge in [-0.2, -0.15) is 0 Å². The lowest BCUT2D eigenvalue weighted by Crippen LogP contribution is -2.14. The second-order valence-corrected chi connectivity index (χ2v) is 4.51. The van der Waals surface area contributed by atoms with E-state index in [-0.39, 0.29) is 12.5 Å². The highest BCUT2D eigenvalue weighted by atomic mass is 16.5. The van der Waals surface area contributed by atoms with Gasteiger partial charge in [0, 0.05) is 6.42 Å². The fourth-order valence-corrected chi connectivity index (χ4v) is 2.11. The number of methoxy groups -OCH3 is 1. The number of aryl methyl sites for hydroxylation is 1. The standard InChI is InChI=1S/C14H19N3O2/c1-3-4-8-12-16-14-10(15)6-5-7-11(14)17(12)9-13(18)19-2/h5-7H,3-4,8-9,15H2,1-2H3. The third-order valence-electron chi connectivity index (χ3n) is 3.16. The third-order valence-corrected chi connectivity index (χ3v) is 3.16. The van der Waals surface area contributed by atoms with Gasteiger partial charge in [0.25, 0.3) is 0 Å². The Morgan fingerprint density at radius 2 is 2.26 bits per heavy atom. The van der Waals surface area contributed by atoms with Gasteiger partial charge < -0.3 is 15.0 Å². The zero-order chi connectivity index (χ0) is 13.8. The molecule has 0 aliphatic rings. The van der Waals surface area contributed by atoms with Crippen molar-refractivity contribution in [2.24, 2.45) is 0 Å². The number of hydrogen-bond donors (Lipinski definition) is 1. The van der Waals surface area contributed by atoms with Crippen LogP contribution in [-0.4, -0.2) is 22.6 Å². The fraction of sp³-hybridized carbons (Fsp3) is 0.429. The van der Waals surface area contributed by atoms with Crippen LogP contribution in [0.3, 0.4) is 0 Å². The summed E-state index contributed by atoms with van der Waals surface area (Å²) in [6.45, 7) is 2.30. The molecular formula is C14H19N3O2. The van der Waals surface area contributed by atoms with Gasteiger partial charge in [-0.05, 0) is 18.6 Å². The average Bonchev–Trinajstić information content (AvgIpc) is 2.76. The number of fused-ring (bicyclic) bond motifs is 1. The molecule has 5 heteroatoms. The lowest BCUT2D eigenvalue weighted by Gasteiger charge is -2.07. The number of nitrogens with zero attached hydrogens (tertiary/aromatic N) is 2. The van der Waals surface area contributed by atoms with E-state index in [1.165, 1.54) is 7.11 Å². The number of benzene rings is 1. The molecule has 1 aromatic heterocycles. The zero-order valence-corrected chi connectivity index (χ0v) is 11.3. The quantitative estimate of drug-likeness (QED) is 0.661. The number of imidazole rings is 1. The number of ether oxygens (including phenoxy) is 1. The Balaban J connectivity index is 2.48. The van der Waals surface area contributed by atoms with Crippen LogP contribution in [0.5, 0.6) is 0 Å². The second-order valence-electron chi connectivity index (χ2n) is 4.51. The van der Waals surface area contributed by atoms with E-state index in [1.807, 2.05) is 22.8 Å². The Morgan fingerprint density at radius 1 is 1.47 bits per heavy atom. The largest absolute Gasteiger partial charge is 0.468 e. The van der Waals surface area contributed by atoms with Crippen molar-refractivity contribution in [3.05, 3.63) is 24.0 Å². The molecule has 0 bridgehead atoms. The summed E-state index contributed by atoms with van der Waals surface area (Å²) in [5.41, 5.74) is 8.22. The Morgan fingerprint density at radius 3 is 2.95 bits per heavy atom. The number of rotatable bonds is 5. The van der Waals surface area contributed by atoms with Crippen LogP contribution in [0.4, 0.5) is 5.69 Å². The Labute approximate surface area is 112 Å². The highest BCUT2D eigenvalue weighted by Gasteiger charge is 2.14. The van der Waals surface area contributed by atoms with Gasteiger partial charge in [0.2, 0.25) is 0 Å². The van der Waals surface area contributed by atoms with Crippen LogP contribution in [0.15, 0.2) is 18.2 Å². The minimum absolute atomic E-state index is 0.176. The normalized spacial score (nSPS) is 10.8. The van der Waals surface area contributed by atoms with Crippen LogP contribution in [0.25, 0.3) is 11.0 Å². The maximum absolute atomic E-state index is 11.5. The first-order valence-corrected chi connectivity index (χ1v) is 6.47. The monoisotopic (exact) mass is 261 g/mol. The van der Waals surface area contributed by atoms with Crippen LogP contribution in [-0.2, 0) is 22.5 Å². The molecular weight excluding hydrogens is 242 g/mol. The minimum Gasteiger partial charge on any atom is -0.468 e. The van der Waals surface area contributed by atoms with Crippen molar-refractivity contribution in [2.45, 2.75) is 32.7 Å². The zero-order valence-electron chi connectivity index (χ0n) is 11.3. The van der Waals surface area contributed by atoms with Crippen molar-refractivity contribution in [3.8, 4) is 0 Å². The number of carbonyl (C=O) groups excluding carboxylic acids is 1. The molecule has 2 aromatic rings. The molecule has 0 fully saturated rings. The molecule has 102 valence electrons. The predicted molar refractivity (Wildman–Crippen MR) is 74.8 cm³/mol. The molecule has 0 atom stereocenters. The third kappa shape index (κ3) is 2.70. The summed E-state index contributed by atoms with van der Waals surface area (Å²) in [5, 5.41) is 0. The topological polar surface area (TPSA) is 70.1 Å². The number of carbonyl (C=O) groups is 1. The van der Waals surface area contributed by atoms with E-state index < -0.39 is 0 Å². The Hall–Kier alpha value is -2.04. The predicted octanol–water partition coefficient (Wildman–Crippen LogP) is 2.13. The van der Waals surface area contributed by atoms with Crippen molar-refractivity contribution in [3.63, 3.8) is 0 Å². The molecule has 2 rings (SSSR count). The van der Waals surface area contributed by atoms with Crippen LogP contribution >= 0.6 is 0 Å². The summed E-state index contributed by atoms with van der Waals surface area (Å²) in [6, 6.07) is 5.62. The van der Waals surface area contributed by atoms with Gasteiger partial charge in [0.15, 0.2) is 0 Å². The molecule has 0 radical (unpaired) electrons. The molecule has 2 N–H and O–H groups in total. The first-order chi connectivity index (χ1) is 9.17. The van der Waals surface area contributed by atoms with Crippen molar-refractivity contribution >= 4 is 22.7 Å². The molecule has 0 spiro atoms. The molecule has 5 nitrogen and oxygen atoms in total. The molecule has 0 aliphatic heterocycles. The van der Waals surface area contributed by atoms with Gasteiger partial charge in [0.05, 0.1) is 18.3 Å². The van der Waals surface area contributed by atoms with E-state index >= 15 is 0 Å². The minimum atomic E-state index is -0.278. The van der Waals surface area contributed by atoms with E-state index in [0.717, 1.165) is 36.1 Å². The molecule has 0 amide bonds. The molecule has 19 heavy (non-hydrogen) atoms. The van der Waals surface area contributed by atoms with Gasteiger partial charge >= 0.3 is 5.97 Å². The SMILES string of the molecule is CCCCc1nc2c(N)cccc2n1CC(=O)OC. The number of aromatic nitrogens is 2. The summed E-state index contributed by atoms with van der Waals surface area (Å²) in [5.74, 6) is 0.611. The molecule has 0 aliphatic carbocycles. The lowest BCUT2D eigenvalue weighted by atomic mass is 10.2. The maximum Gasteiger partial charge on any atom is 0.325 e. The van der Waals surface area contributed by atoms with Gasteiger partial charge in [-0.1, -0.05) is 19.4 Å². The molecule has 1 heterocycles. The van der Waals surface area contributed by atoms with Crippen molar-refractivity contribution in [1.29, 1.82) is 0 Å². The summed E-state index contributed by atoms with van der Waals surface area (Å²) >= 11 is 0. The number of para-hydroxylation sites is 1. The van der Waals surface area contributed by atoms with Gasteiger partial charge in [0.1, 0.15) is 17.9 Å². The Kier molecular flexibility index (Phi) is 4.04. The number of esters is 1. The van der Waals surface area contributed by atoms with Crippen molar-refractivity contribution in [1.82, 2.24) is 9.55 Å². The first kappa shape index (κ1) is 13.4. The summed E-state index contributed by atoms with van der Waals surface area (Å²) in [7, 11) is 1.39. The van der Waals surface area contributed by atoms with E-state index in [9.17, 15) is 4.79 Å². The first-order valence-electron chi connectivity index (χ1n) is 6.47. The van der Waals surface area contributed by atoms with Crippen LogP contribution in [0.1, 0.15) is 25.6 Å². The van der Waals surface area contributed by atoms with E-state index in [4.69, 9.17) is 10.5 Å². The van der Waals surface area contributed by atoms with Crippen LogP contribution in [0, 0.1) is 0 Å². The van der Waals surface area contributed by atoms with E-state index in [2.05, 4.69) is 11.9 Å². The Bertz CT molecular complexity index is 590. The summed E-state index contributed by atoms with van der Waals surface area (Å²) in [6.07, 6.45) is 2.95. The molecule has 0 saturated heterocycles. The lowest BCUT2D eigenvalue weighted by molar-refractivity contribution is -0.141. The number of nitrogens with two attached hydrogens (primary N) is 1. The summed E-state index contributed by atoms with van der Waals surface area (Å²) in [4.78, 5) is 16.1. The number of hydrogen-bond acceptors (Lipinski definition) is 4. The summed E-state index contributed by atoms with van der Waals surface area (Å²) < 4.78 is 6.64. The van der Waals surface area contributed by atoms with Gasteiger partial charge in [-0.3, -0.25) is 4.79 Å². The fourth-order valence-electron chi connectivity index (χ4n) is 2.11.